The van der Waals surface area contributed by atoms with E-state index in [0.717, 1.165) is 20.4 Å². The van der Waals surface area contributed by atoms with E-state index in [-0.39, 0.29) is 11.2 Å². The normalized spacial score (nSPS) is 11.3. The van der Waals surface area contributed by atoms with Crippen LogP contribution in [0.4, 0.5) is 0 Å². The highest BCUT2D eigenvalue weighted by atomic mass is 32.2. The minimum atomic E-state index is -0.384. The number of aryl methyl sites for hydroxylation is 1. The van der Waals surface area contributed by atoms with Crippen molar-refractivity contribution in [2.24, 2.45) is 14.1 Å². The quantitative estimate of drug-likeness (QED) is 0.529. The molecule has 0 saturated heterocycles. The maximum absolute atomic E-state index is 12.5. The molecule has 0 aliphatic heterocycles. The smallest absolute Gasteiger partial charge is 0.332 e. The molecule has 0 aliphatic carbocycles. The van der Waals surface area contributed by atoms with Crippen molar-refractivity contribution in [2.45, 2.75) is 4.90 Å². The van der Waals surface area contributed by atoms with Crippen LogP contribution in [0.25, 0.3) is 21.9 Å². The number of benzene rings is 1. The molecule has 0 spiro atoms. The van der Waals surface area contributed by atoms with Crippen LogP contribution in [0, 0.1) is 0 Å². The lowest BCUT2D eigenvalue weighted by Gasteiger charge is -2.12. The lowest BCUT2D eigenvalue weighted by Crippen LogP contribution is -2.37. The van der Waals surface area contributed by atoms with Crippen molar-refractivity contribution >= 4 is 33.7 Å². The number of fused-ring (bicyclic) bond motifs is 2. The third kappa shape index (κ3) is 1.93. The molecule has 0 aliphatic rings. The fourth-order valence-corrected chi connectivity index (χ4v) is 3.31. The number of aromatic nitrogens is 3. The summed E-state index contributed by atoms with van der Waals surface area (Å²) in [5, 5.41) is 1.30. The second-order valence-corrected chi connectivity index (χ2v) is 5.75. The zero-order valence-electron chi connectivity index (χ0n) is 12.7. The number of methoxy groups -OCH3 is 1. The monoisotopic (exact) mass is 317 g/mol. The first-order chi connectivity index (χ1) is 10.5. The van der Waals surface area contributed by atoms with Crippen molar-refractivity contribution in [3.05, 3.63) is 39.0 Å². The summed E-state index contributed by atoms with van der Waals surface area (Å²) in [6.07, 6.45) is 1.90. The molecule has 3 aromatic rings. The van der Waals surface area contributed by atoms with E-state index in [0.29, 0.717) is 16.8 Å². The molecule has 0 saturated carbocycles. The Kier molecular flexibility index (Phi) is 3.44. The molecule has 0 fully saturated rings. The van der Waals surface area contributed by atoms with Crippen LogP contribution in [0.3, 0.4) is 0 Å². The van der Waals surface area contributed by atoms with E-state index in [1.165, 1.54) is 23.4 Å². The van der Waals surface area contributed by atoms with E-state index in [2.05, 4.69) is 4.98 Å². The van der Waals surface area contributed by atoms with Crippen LogP contribution in [0.5, 0.6) is 5.75 Å². The molecule has 1 aromatic carbocycles. The van der Waals surface area contributed by atoms with Crippen LogP contribution in [-0.4, -0.2) is 27.5 Å². The fourth-order valence-electron chi connectivity index (χ4n) is 2.55. The van der Waals surface area contributed by atoms with Gasteiger partial charge in [0.2, 0.25) is 0 Å². The summed E-state index contributed by atoms with van der Waals surface area (Å²) in [6, 6.07) is 5.50. The minimum Gasteiger partial charge on any atom is -0.497 e. The first-order valence-electron chi connectivity index (χ1n) is 6.61. The van der Waals surface area contributed by atoms with Gasteiger partial charge in [-0.3, -0.25) is 13.9 Å². The van der Waals surface area contributed by atoms with E-state index in [1.54, 1.807) is 14.2 Å². The first-order valence-corrected chi connectivity index (χ1v) is 7.83. The largest absolute Gasteiger partial charge is 0.497 e. The third-order valence-corrected chi connectivity index (χ3v) is 4.57. The lowest BCUT2D eigenvalue weighted by atomic mass is 10.1. The Balaban J connectivity index is 2.65. The molecular weight excluding hydrogens is 302 g/mol. The molecule has 2 heterocycles. The summed E-state index contributed by atoms with van der Waals surface area (Å²) < 4.78 is 7.76. The van der Waals surface area contributed by atoms with Crippen molar-refractivity contribution < 1.29 is 4.74 Å². The van der Waals surface area contributed by atoms with Gasteiger partial charge in [-0.05, 0) is 24.5 Å². The van der Waals surface area contributed by atoms with Gasteiger partial charge in [-0.2, -0.15) is 0 Å². The number of hydrogen-bond donors (Lipinski definition) is 0. The number of thioether (sulfide) groups is 1. The van der Waals surface area contributed by atoms with Crippen LogP contribution in [0.1, 0.15) is 0 Å². The predicted molar refractivity (Wildman–Crippen MR) is 88.1 cm³/mol. The Morgan fingerprint density at radius 3 is 2.55 bits per heavy atom. The number of rotatable bonds is 2. The molecular formula is C15H15N3O3S. The van der Waals surface area contributed by atoms with Crippen molar-refractivity contribution in [2.75, 3.05) is 13.4 Å². The molecule has 3 rings (SSSR count). The number of hydrogen-bond acceptors (Lipinski definition) is 5. The van der Waals surface area contributed by atoms with Gasteiger partial charge >= 0.3 is 5.69 Å². The van der Waals surface area contributed by atoms with Crippen LogP contribution in [0.2, 0.25) is 0 Å². The summed E-state index contributed by atoms with van der Waals surface area (Å²) in [5.74, 6) is 0.700. The third-order valence-electron chi connectivity index (χ3n) is 3.74. The van der Waals surface area contributed by atoms with Gasteiger partial charge in [0.1, 0.15) is 5.75 Å². The lowest BCUT2D eigenvalue weighted by molar-refractivity contribution is 0.415. The summed E-state index contributed by atoms with van der Waals surface area (Å²) in [5.41, 5.74) is 0.403. The second kappa shape index (κ2) is 5.17. The van der Waals surface area contributed by atoms with Crippen LogP contribution < -0.4 is 16.0 Å². The van der Waals surface area contributed by atoms with Crippen LogP contribution in [0.15, 0.2) is 32.7 Å². The fraction of sp³-hybridized carbons (Fsp3) is 0.267. The minimum absolute atomic E-state index is 0.334. The zero-order valence-corrected chi connectivity index (χ0v) is 13.5. The van der Waals surface area contributed by atoms with Gasteiger partial charge in [-0.25, -0.2) is 9.78 Å². The summed E-state index contributed by atoms with van der Waals surface area (Å²) in [6.45, 7) is 0. The van der Waals surface area contributed by atoms with E-state index >= 15 is 0 Å². The van der Waals surface area contributed by atoms with Crippen LogP contribution in [-0.2, 0) is 14.1 Å². The number of pyridine rings is 1. The molecule has 0 bridgehead atoms. The first kappa shape index (κ1) is 14.6. The molecule has 7 heteroatoms. The molecule has 22 heavy (non-hydrogen) atoms. The van der Waals surface area contributed by atoms with Crippen molar-refractivity contribution in [3.63, 3.8) is 0 Å². The Hall–Kier alpha value is -2.28. The Bertz CT molecular complexity index is 1020. The average molecular weight is 317 g/mol. The molecule has 0 radical (unpaired) electrons. The number of nitrogens with zero attached hydrogens (tertiary/aromatic N) is 3. The van der Waals surface area contributed by atoms with E-state index in [4.69, 9.17) is 4.74 Å². The SMILES string of the molecule is COc1ccc2nc3c(c(SC)c2c1)c(=O)n(C)c(=O)n3C. The van der Waals surface area contributed by atoms with Gasteiger partial charge in [0, 0.05) is 24.4 Å². The van der Waals surface area contributed by atoms with Crippen LogP contribution >= 0.6 is 11.8 Å². The van der Waals surface area contributed by atoms with Gasteiger partial charge in [-0.1, -0.05) is 0 Å². The average Bonchev–Trinajstić information content (AvgIpc) is 2.55. The second-order valence-electron chi connectivity index (χ2n) is 4.93. The highest BCUT2D eigenvalue weighted by molar-refractivity contribution is 7.99. The highest BCUT2D eigenvalue weighted by Gasteiger charge is 2.17. The molecule has 0 unspecified atom stereocenters. The van der Waals surface area contributed by atoms with E-state index in [1.807, 2.05) is 24.5 Å². The van der Waals surface area contributed by atoms with Gasteiger partial charge in [0.15, 0.2) is 5.65 Å². The standard InChI is InChI=1S/C15H15N3O3S/c1-17-13-11(14(19)18(2)15(17)20)12(22-4)9-7-8(21-3)5-6-10(9)16-13/h5-7H,1-4H3. The Labute approximate surface area is 130 Å². The van der Waals surface area contributed by atoms with Crippen molar-refractivity contribution in [1.82, 2.24) is 14.1 Å². The topological polar surface area (TPSA) is 66.1 Å². The van der Waals surface area contributed by atoms with E-state index in [9.17, 15) is 9.59 Å². The van der Waals surface area contributed by atoms with Gasteiger partial charge in [0.05, 0.1) is 18.0 Å². The zero-order chi connectivity index (χ0) is 16.0. The molecule has 2 aromatic heterocycles. The van der Waals surface area contributed by atoms with Gasteiger partial charge in [0.25, 0.3) is 5.56 Å². The molecule has 0 amide bonds. The van der Waals surface area contributed by atoms with Crippen molar-refractivity contribution in [3.8, 4) is 5.75 Å². The van der Waals surface area contributed by atoms with E-state index < -0.39 is 0 Å². The summed E-state index contributed by atoms with van der Waals surface area (Å²) >= 11 is 1.46. The summed E-state index contributed by atoms with van der Waals surface area (Å²) in [7, 11) is 4.69. The predicted octanol–water partition coefficient (Wildman–Crippen LogP) is 1.52. The Morgan fingerprint density at radius 1 is 1.18 bits per heavy atom. The van der Waals surface area contributed by atoms with Gasteiger partial charge < -0.3 is 4.74 Å². The maximum atomic E-state index is 12.5. The highest BCUT2D eigenvalue weighted by Crippen LogP contribution is 2.32. The number of ether oxygens (including phenoxy) is 1. The summed E-state index contributed by atoms with van der Waals surface area (Å²) in [4.78, 5) is 29.9. The molecule has 0 atom stereocenters. The van der Waals surface area contributed by atoms with Crippen molar-refractivity contribution in [1.29, 1.82) is 0 Å². The maximum Gasteiger partial charge on any atom is 0.332 e. The van der Waals surface area contributed by atoms with Gasteiger partial charge in [-0.15, -0.1) is 11.8 Å². The molecule has 114 valence electrons. The Morgan fingerprint density at radius 2 is 1.91 bits per heavy atom. The molecule has 0 N–H and O–H groups in total. The molecule has 6 nitrogen and oxygen atoms in total.